The highest BCUT2D eigenvalue weighted by Gasteiger charge is 2.43. The number of amides is 1. The fraction of sp³-hybridized carbons (Fsp3) is 0.455. The molecular weight excluding hydrogens is 290 g/mol. The highest BCUT2D eigenvalue weighted by Crippen LogP contribution is 2.29. The predicted molar refractivity (Wildman–Crippen MR) is 66.8 cm³/mol. The average Bonchev–Trinajstić information content (AvgIpc) is 2.73. The molecule has 1 aromatic heterocycles. The van der Waals surface area contributed by atoms with Gasteiger partial charge in [-0.3, -0.25) is 9.59 Å². The van der Waals surface area contributed by atoms with Crippen LogP contribution in [0.1, 0.15) is 29.9 Å². The van der Waals surface area contributed by atoms with Crippen LogP contribution in [0.25, 0.3) is 0 Å². The van der Waals surface area contributed by atoms with Crippen LogP contribution in [0.15, 0.2) is 15.9 Å². The third kappa shape index (κ3) is 1.82. The number of carbonyl (C=O) groups is 2. The second-order valence-electron chi connectivity index (χ2n) is 4.32. The van der Waals surface area contributed by atoms with Crippen molar-refractivity contribution < 1.29 is 9.59 Å². The smallest absolute Gasteiger partial charge is 0.264 e. The normalized spacial score (nSPS) is 19.2. The number of hydrogen-bond donors (Lipinski definition) is 0. The van der Waals surface area contributed by atoms with E-state index in [2.05, 4.69) is 15.9 Å². The monoisotopic (exact) mass is 301 g/mol. The molecule has 0 bridgehead atoms. The Bertz CT molecular complexity index is 453. The Morgan fingerprint density at radius 2 is 2.25 bits per heavy atom. The Kier molecular flexibility index (Phi) is 2.92. The Balaban J connectivity index is 2.27. The van der Waals surface area contributed by atoms with E-state index < -0.39 is 5.54 Å². The molecule has 2 rings (SSSR count). The van der Waals surface area contributed by atoms with Gasteiger partial charge < -0.3 is 4.90 Å². The van der Waals surface area contributed by atoms with Crippen molar-refractivity contribution in [1.82, 2.24) is 4.90 Å². The van der Waals surface area contributed by atoms with E-state index >= 15 is 0 Å². The lowest BCUT2D eigenvalue weighted by Crippen LogP contribution is -2.46. The highest BCUT2D eigenvalue weighted by atomic mass is 79.9. The fourth-order valence-corrected chi connectivity index (χ4v) is 3.24. The first-order chi connectivity index (χ1) is 7.43. The number of nitrogens with zero attached hydrogens (tertiary/aromatic N) is 1. The molecular formula is C11H12BrNO2S. The topological polar surface area (TPSA) is 37.4 Å². The van der Waals surface area contributed by atoms with Gasteiger partial charge in [0.2, 0.25) is 0 Å². The first-order valence-corrected chi connectivity index (χ1v) is 6.69. The Hall–Kier alpha value is -0.680. The van der Waals surface area contributed by atoms with Crippen molar-refractivity contribution in [3.05, 3.63) is 20.8 Å². The quantitative estimate of drug-likeness (QED) is 0.800. The van der Waals surface area contributed by atoms with Crippen molar-refractivity contribution in [2.75, 3.05) is 6.54 Å². The largest absolute Gasteiger partial charge is 0.325 e. The van der Waals surface area contributed by atoms with Gasteiger partial charge in [0.05, 0.1) is 10.4 Å². The zero-order valence-corrected chi connectivity index (χ0v) is 11.5. The molecule has 1 fully saturated rings. The third-order valence-corrected chi connectivity index (χ3v) is 4.62. The van der Waals surface area contributed by atoms with E-state index in [0.29, 0.717) is 17.8 Å². The molecule has 1 aliphatic rings. The predicted octanol–water partition coefficient (Wildman–Crippen LogP) is 2.70. The molecule has 1 aromatic rings. The summed E-state index contributed by atoms with van der Waals surface area (Å²) in [6, 6.07) is 1.80. The van der Waals surface area contributed by atoms with Gasteiger partial charge in [-0.05, 0) is 35.8 Å². The van der Waals surface area contributed by atoms with Crippen molar-refractivity contribution >= 4 is 39.0 Å². The zero-order chi connectivity index (χ0) is 11.9. The maximum absolute atomic E-state index is 12.2. The highest BCUT2D eigenvalue weighted by molar-refractivity contribution is 9.10. The summed E-state index contributed by atoms with van der Waals surface area (Å²) in [6.07, 6.45) is 0.464. The number of Topliss-reactive ketones (excluding diaryl/α,β-unsaturated/α-hetero) is 1. The lowest BCUT2D eigenvalue weighted by molar-refractivity contribution is -0.123. The minimum atomic E-state index is -0.659. The molecule has 0 spiro atoms. The molecule has 0 unspecified atom stereocenters. The van der Waals surface area contributed by atoms with Crippen molar-refractivity contribution in [3.8, 4) is 0 Å². The molecule has 0 aromatic carbocycles. The second kappa shape index (κ2) is 3.96. The summed E-state index contributed by atoms with van der Waals surface area (Å²) >= 11 is 4.72. The average molecular weight is 302 g/mol. The van der Waals surface area contributed by atoms with Crippen LogP contribution in [0.3, 0.4) is 0 Å². The summed E-state index contributed by atoms with van der Waals surface area (Å²) in [5, 5.41) is 1.87. The van der Waals surface area contributed by atoms with E-state index in [-0.39, 0.29) is 11.7 Å². The van der Waals surface area contributed by atoms with Crippen LogP contribution in [0.5, 0.6) is 0 Å². The van der Waals surface area contributed by atoms with Gasteiger partial charge in [0, 0.05) is 22.8 Å². The van der Waals surface area contributed by atoms with Gasteiger partial charge in [-0.25, -0.2) is 0 Å². The van der Waals surface area contributed by atoms with Gasteiger partial charge in [-0.1, -0.05) is 0 Å². The van der Waals surface area contributed by atoms with E-state index in [1.54, 1.807) is 11.0 Å². The van der Waals surface area contributed by atoms with Crippen molar-refractivity contribution in [1.29, 1.82) is 0 Å². The molecule has 2 heterocycles. The molecule has 0 atom stereocenters. The van der Waals surface area contributed by atoms with E-state index in [1.807, 2.05) is 19.2 Å². The van der Waals surface area contributed by atoms with Crippen LogP contribution in [-0.2, 0) is 4.79 Å². The van der Waals surface area contributed by atoms with Crippen LogP contribution >= 0.6 is 27.3 Å². The molecule has 16 heavy (non-hydrogen) atoms. The molecule has 0 N–H and O–H groups in total. The minimum absolute atomic E-state index is 0.0495. The molecule has 0 radical (unpaired) electrons. The van der Waals surface area contributed by atoms with Gasteiger partial charge in [0.1, 0.15) is 0 Å². The summed E-state index contributed by atoms with van der Waals surface area (Å²) in [6.45, 7) is 4.14. The summed E-state index contributed by atoms with van der Waals surface area (Å²) in [4.78, 5) is 26.2. The van der Waals surface area contributed by atoms with E-state index in [1.165, 1.54) is 11.3 Å². The van der Waals surface area contributed by atoms with Crippen LogP contribution in [0, 0.1) is 0 Å². The first kappa shape index (κ1) is 11.8. The summed E-state index contributed by atoms with van der Waals surface area (Å²) < 4.78 is 0.907. The molecule has 0 aliphatic carbocycles. The fourth-order valence-electron chi connectivity index (χ4n) is 1.86. The van der Waals surface area contributed by atoms with E-state index in [4.69, 9.17) is 0 Å². The zero-order valence-electron chi connectivity index (χ0n) is 9.12. The van der Waals surface area contributed by atoms with Crippen molar-refractivity contribution in [2.24, 2.45) is 0 Å². The third-order valence-electron chi connectivity index (χ3n) is 2.94. The minimum Gasteiger partial charge on any atom is -0.325 e. The Morgan fingerprint density at radius 1 is 1.56 bits per heavy atom. The van der Waals surface area contributed by atoms with E-state index in [0.717, 1.165) is 4.47 Å². The van der Waals surface area contributed by atoms with E-state index in [9.17, 15) is 9.59 Å². The molecule has 5 heteroatoms. The number of carbonyl (C=O) groups excluding carboxylic acids is 2. The standard InChI is InChI=1S/C11H12BrNO2S/c1-11(2)9(14)3-4-13(11)10(15)8-5-7(12)6-16-8/h5-6H,3-4H2,1-2H3. The Labute approximate surface area is 107 Å². The number of halogens is 1. The number of thiophene rings is 1. The molecule has 1 aliphatic heterocycles. The van der Waals surface area contributed by atoms with Crippen molar-refractivity contribution in [3.63, 3.8) is 0 Å². The summed E-state index contributed by atoms with van der Waals surface area (Å²) in [5.41, 5.74) is -0.659. The van der Waals surface area contributed by atoms with Crippen LogP contribution < -0.4 is 0 Å². The van der Waals surface area contributed by atoms with Gasteiger partial charge in [0.15, 0.2) is 5.78 Å². The molecule has 1 saturated heterocycles. The number of ketones is 1. The molecule has 3 nitrogen and oxygen atoms in total. The second-order valence-corrected chi connectivity index (χ2v) is 6.15. The van der Waals surface area contributed by atoms with Gasteiger partial charge in [-0.2, -0.15) is 0 Å². The van der Waals surface area contributed by atoms with Crippen LogP contribution in [0.4, 0.5) is 0 Å². The van der Waals surface area contributed by atoms with Crippen LogP contribution in [-0.4, -0.2) is 28.7 Å². The maximum atomic E-state index is 12.2. The molecule has 86 valence electrons. The summed E-state index contributed by atoms with van der Waals surface area (Å²) in [7, 11) is 0. The van der Waals surface area contributed by atoms with Crippen molar-refractivity contribution in [2.45, 2.75) is 25.8 Å². The number of hydrogen-bond acceptors (Lipinski definition) is 3. The lowest BCUT2D eigenvalue weighted by atomic mass is 10.0. The SMILES string of the molecule is CC1(C)C(=O)CCN1C(=O)c1cc(Br)cs1. The Morgan fingerprint density at radius 3 is 2.69 bits per heavy atom. The van der Waals surface area contributed by atoms with Gasteiger partial charge in [0.25, 0.3) is 5.91 Å². The molecule has 0 saturated carbocycles. The molecule has 1 amide bonds. The first-order valence-electron chi connectivity index (χ1n) is 5.02. The number of rotatable bonds is 1. The van der Waals surface area contributed by atoms with Crippen LogP contribution in [0.2, 0.25) is 0 Å². The lowest BCUT2D eigenvalue weighted by Gasteiger charge is -2.29. The summed E-state index contributed by atoms with van der Waals surface area (Å²) in [5.74, 6) is 0.0861. The number of likely N-dealkylation sites (tertiary alicyclic amines) is 1. The maximum Gasteiger partial charge on any atom is 0.264 e. The van der Waals surface area contributed by atoms with Gasteiger partial charge >= 0.3 is 0 Å². The van der Waals surface area contributed by atoms with Gasteiger partial charge in [-0.15, -0.1) is 11.3 Å².